The van der Waals surface area contributed by atoms with Gasteiger partial charge in [-0.05, 0) is 47.0 Å². The van der Waals surface area contributed by atoms with E-state index in [4.69, 9.17) is 9.47 Å². The van der Waals surface area contributed by atoms with Crippen LogP contribution in [0.15, 0.2) is 66.7 Å². The summed E-state index contributed by atoms with van der Waals surface area (Å²) < 4.78 is 48.5. The summed E-state index contributed by atoms with van der Waals surface area (Å²) in [7, 11) is 2.72. The van der Waals surface area contributed by atoms with E-state index in [1.54, 1.807) is 54.6 Å². The number of ether oxygens (including phenoxy) is 2. The van der Waals surface area contributed by atoms with Crippen LogP contribution in [0.1, 0.15) is 10.4 Å². The predicted molar refractivity (Wildman–Crippen MR) is 110 cm³/mol. The highest BCUT2D eigenvalue weighted by Crippen LogP contribution is 2.36. The number of methoxy groups -OCH3 is 2. The van der Waals surface area contributed by atoms with Crippen molar-refractivity contribution in [2.45, 2.75) is 6.18 Å². The largest absolute Gasteiger partial charge is 0.497 e. The maximum atomic E-state index is 12.8. The van der Waals surface area contributed by atoms with Crippen LogP contribution in [-0.2, 0) is 9.53 Å². The van der Waals surface area contributed by atoms with Gasteiger partial charge in [0.15, 0.2) is 0 Å². The fourth-order valence-electron chi connectivity index (χ4n) is 3.09. The Bertz CT molecular complexity index is 1130. The fraction of sp³-hybridized carbons (Fsp3) is 0.130. The SMILES string of the molecule is COC(=O)c1ccccc1-c1cc(OC)cc(-c2ccccc2NC(=O)C(F)(F)F)c1. The highest BCUT2D eigenvalue weighted by Gasteiger charge is 2.39. The summed E-state index contributed by atoms with van der Waals surface area (Å²) in [6, 6.07) is 17.9. The molecule has 0 heterocycles. The molecule has 0 aliphatic carbocycles. The smallest absolute Gasteiger partial charge is 0.471 e. The molecule has 3 aromatic carbocycles. The molecule has 0 radical (unpaired) electrons. The van der Waals surface area contributed by atoms with Crippen molar-refractivity contribution in [3.05, 3.63) is 72.3 Å². The van der Waals surface area contributed by atoms with Crippen molar-refractivity contribution < 1.29 is 32.2 Å². The number of halogens is 3. The number of hydrogen-bond donors (Lipinski definition) is 1. The first-order chi connectivity index (χ1) is 14.7. The number of para-hydroxylation sites is 1. The van der Waals surface area contributed by atoms with E-state index in [2.05, 4.69) is 0 Å². The van der Waals surface area contributed by atoms with Crippen LogP contribution in [0.2, 0.25) is 0 Å². The van der Waals surface area contributed by atoms with Gasteiger partial charge < -0.3 is 14.8 Å². The van der Waals surface area contributed by atoms with Crippen LogP contribution in [0.5, 0.6) is 5.75 Å². The van der Waals surface area contributed by atoms with Crippen molar-refractivity contribution in [2.75, 3.05) is 19.5 Å². The number of carbonyl (C=O) groups excluding carboxylic acids is 2. The molecule has 1 N–H and O–H groups in total. The molecule has 0 bridgehead atoms. The number of carbonyl (C=O) groups is 2. The Balaban J connectivity index is 2.14. The molecule has 0 saturated carbocycles. The van der Waals surface area contributed by atoms with Crippen LogP contribution < -0.4 is 10.1 Å². The average Bonchev–Trinajstić information content (AvgIpc) is 2.77. The van der Waals surface area contributed by atoms with Crippen LogP contribution in [0.25, 0.3) is 22.3 Å². The molecule has 0 aromatic heterocycles. The highest BCUT2D eigenvalue weighted by molar-refractivity contribution is 6.00. The Labute approximate surface area is 176 Å². The molecular weight excluding hydrogens is 411 g/mol. The van der Waals surface area contributed by atoms with Crippen LogP contribution in [-0.4, -0.2) is 32.3 Å². The van der Waals surface area contributed by atoms with Gasteiger partial charge in [-0.3, -0.25) is 4.79 Å². The van der Waals surface area contributed by atoms with Gasteiger partial charge in [-0.25, -0.2) is 4.79 Å². The number of nitrogens with one attached hydrogen (secondary N) is 1. The standard InChI is InChI=1S/C23H18F3NO4/c1-30-16-12-14(17-7-3-4-9-19(17)21(28)31-2)11-15(13-16)18-8-5-6-10-20(18)27-22(29)23(24,25)26/h3-13H,1-2H3,(H,27,29). The molecule has 31 heavy (non-hydrogen) atoms. The summed E-state index contributed by atoms with van der Waals surface area (Å²) >= 11 is 0. The van der Waals surface area contributed by atoms with Crippen molar-refractivity contribution in [3.8, 4) is 28.0 Å². The number of amides is 1. The molecule has 1 amide bonds. The minimum Gasteiger partial charge on any atom is -0.497 e. The first-order valence-electron chi connectivity index (χ1n) is 9.09. The van der Waals surface area contributed by atoms with E-state index in [1.165, 1.54) is 26.4 Å². The number of alkyl halides is 3. The quantitative estimate of drug-likeness (QED) is 0.558. The van der Waals surface area contributed by atoms with E-state index >= 15 is 0 Å². The monoisotopic (exact) mass is 429 g/mol. The van der Waals surface area contributed by atoms with Gasteiger partial charge in [-0.1, -0.05) is 36.4 Å². The normalized spacial score (nSPS) is 11.0. The number of anilines is 1. The number of rotatable bonds is 5. The van der Waals surface area contributed by atoms with Crippen LogP contribution >= 0.6 is 0 Å². The molecule has 3 rings (SSSR count). The minimum absolute atomic E-state index is 0.00900. The van der Waals surface area contributed by atoms with Gasteiger partial charge in [0, 0.05) is 11.3 Å². The predicted octanol–water partition coefficient (Wildman–Crippen LogP) is 5.32. The second-order valence-corrected chi connectivity index (χ2v) is 6.48. The third kappa shape index (κ3) is 4.85. The Morgan fingerprint density at radius 1 is 0.839 bits per heavy atom. The molecule has 3 aromatic rings. The average molecular weight is 429 g/mol. The molecule has 0 unspecified atom stereocenters. The van der Waals surface area contributed by atoms with E-state index in [0.29, 0.717) is 33.6 Å². The molecule has 160 valence electrons. The second-order valence-electron chi connectivity index (χ2n) is 6.48. The first kappa shape index (κ1) is 21.9. The Hall–Kier alpha value is -3.81. The molecule has 8 heteroatoms. The molecule has 0 fully saturated rings. The highest BCUT2D eigenvalue weighted by atomic mass is 19.4. The zero-order chi connectivity index (χ0) is 22.6. The molecule has 0 atom stereocenters. The lowest BCUT2D eigenvalue weighted by Crippen LogP contribution is -2.30. The third-order valence-corrected chi connectivity index (χ3v) is 4.53. The van der Waals surface area contributed by atoms with Gasteiger partial charge in [0.05, 0.1) is 19.8 Å². The summed E-state index contributed by atoms with van der Waals surface area (Å²) in [5, 5.41) is 1.91. The molecule has 0 spiro atoms. The van der Waals surface area contributed by atoms with Crippen LogP contribution in [0, 0.1) is 0 Å². The first-order valence-corrected chi connectivity index (χ1v) is 9.09. The van der Waals surface area contributed by atoms with Gasteiger partial charge in [-0.15, -0.1) is 0 Å². The van der Waals surface area contributed by atoms with Gasteiger partial charge in [0.2, 0.25) is 0 Å². The van der Waals surface area contributed by atoms with Gasteiger partial charge in [-0.2, -0.15) is 13.2 Å². The maximum Gasteiger partial charge on any atom is 0.471 e. The zero-order valence-corrected chi connectivity index (χ0v) is 16.6. The van der Waals surface area contributed by atoms with Gasteiger partial charge in [0.1, 0.15) is 5.75 Å². The summed E-state index contributed by atoms with van der Waals surface area (Å²) in [5.74, 6) is -2.18. The minimum atomic E-state index is -5.02. The fourth-order valence-corrected chi connectivity index (χ4v) is 3.09. The summed E-state index contributed by atoms with van der Waals surface area (Å²) in [6.45, 7) is 0. The van der Waals surface area contributed by atoms with Gasteiger partial charge >= 0.3 is 18.1 Å². The lowest BCUT2D eigenvalue weighted by molar-refractivity contribution is -0.167. The number of benzene rings is 3. The van der Waals surface area contributed by atoms with Crippen molar-refractivity contribution in [3.63, 3.8) is 0 Å². The van der Waals surface area contributed by atoms with E-state index in [-0.39, 0.29) is 5.69 Å². The van der Waals surface area contributed by atoms with Crippen molar-refractivity contribution in [1.29, 1.82) is 0 Å². The van der Waals surface area contributed by atoms with E-state index in [0.717, 1.165) is 0 Å². The Morgan fingerprint density at radius 2 is 1.42 bits per heavy atom. The number of hydrogen-bond acceptors (Lipinski definition) is 4. The molecular formula is C23H18F3NO4. The second kappa shape index (κ2) is 8.91. The number of esters is 1. The third-order valence-electron chi connectivity index (χ3n) is 4.53. The van der Waals surface area contributed by atoms with Crippen molar-refractivity contribution >= 4 is 17.6 Å². The topological polar surface area (TPSA) is 64.6 Å². The van der Waals surface area contributed by atoms with E-state index in [1.807, 2.05) is 5.32 Å². The molecule has 5 nitrogen and oxygen atoms in total. The molecule has 0 aliphatic heterocycles. The Morgan fingerprint density at radius 3 is 2.03 bits per heavy atom. The molecule has 0 saturated heterocycles. The zero-order valence-electron chi connectivity index (χ0n) is 16.6. The summed E-state index contributed by atoms with van der Waals surface area (Å²) in [4.78, 5) is 23.6. The summed E-state index contributed by atoms with van der Waals surface area (Å²) in [5.41, 5.74) is 2.31. The maximum absolute atomic E-state index is 12.8. The van der Waals surface area contributed by atoms with Crippen molar-refractivity contribution in [2.24, 2.45) is 0 Å². The Kier molecular flexibility index (Phi) is 6.29. The lowest BCUT2D eigenvalue weighted by Gasteiger charge is -2.15. The van der Waals surface area contributed by atoms with Crippen LogP contribution in [0.3, 0.4) is 0 Å². The van der Waals surface area contributed by atoms with E-state index in [9.17, 15) is 22.8 Å². The van der Waals surface area contributed by atoms with Crippen molar-refractivity contribution in [1.82, 2.24) is 0 Å². The van der Waals surface area contributed by atoms with Crippen LogP contribution in [0.4, 0.5) is 18.9 Å². The lowest BCUT2D eigenvalue weighted by atomic mass is 9.94. The van der Waals surface area contributed by atoms with Gasteiger partial charge in [0.25, 0.3) is 0 Å². The summed E-state index contributed by atoms with van der Waals surface area (Å²) in [6.07, 6.45) is -5.02. The van der Waals surface area contributed by atoms with E-state index < -0.39 is 18.1 Å². The molecule has 0 aliphatic rings.